The van der Waals surface area contributed by atoms with Crippen LogP contribution in [-0.2, 0) is 6.42 Å². The van der Waals surface area contributed by atoms with Crippen molar-refractivity contribution in [2.24, 2.45) is 5.73 Å². The minimum Gasteiger partial charge on any atom is -0.372 e. The Labute approximate surface area is 138 Å². The van der Waals surface area contributed by atoms with Crippen molar-refractivity contribution in [3.63, 3.8) is 0 Å². The molecule has 0 amide bonds. The van der Waals surface area contributed by atoms with Gasteiger partial charge < -0.3 is 10.6 Å². The van der Waals surface area contributed by atoms with Crippen molar-refractivity contribution in [2.75, 3.05) is 11.9 Å². The van der Waals surface area contributed by atoms with Crippen molar-refractivity contribution >= 4 is 21.6 Å². The molecule has 2 rings (SSSR count). The lowest BCUT2D eigenvalue weighted by Crippen LogP contribution is -2.31. The first-order valence-corrected chi connectivity index (χ1v) is 9.18. The Morgan fingerprint density at radius 3 is 2.48 bits per heavy atom. The lowest BCUT2D eigenvalue weighted by molar-refractivity contribution is 0.553. The second-order valence-corrected chi connectivity index (χ2v) is 7.26. The molecule has 1 aromatic carbocycles. The van der Waals surface area contributed by atoms with Gasteiger partial charge in [0.15, 0.2) is 0 Å². The second kappa shape index (κ2) is 8.19. The average Bonchev–Trinajstić information content (AvgIpc) is 2.77. The van der Waals surface area contributed by atoms with Gasteiger partial charge in [0.05, 0.1) is 0 Å². The molecule has 1 aliphatic rings. The van der Waals surface area contributed by atoms with E-state index in [9.17, 15) is 0 Å². The molecule has 1 fully saturated rings. The molecule has 0 bridgehead atoms. The van der Waals surface area contributed by atoms with Crippen LogP contribution in [0.3, 0.4) is 0 Å². The number of nitrogens with zero attached hydrogens (tertiary/aromatic N) is 1. The van der Waals surface area contributed by atoms with Crippen LogP contribution in [0, 0.1) is 0 Å². The smallest absolute Gasteiger partial charge is 0.0377 e. The van der Waals surface area contributed by atoms with Crippen molar-refractivity contribution in [2.45, 2.75) is 70.4 Å². The summed E-state index contributed by atoms with van der Waals surface area (Å²) in [5.41, 5.74) is 8.72. The zero-order valence-electron chi connectivity index (χ0n) is 13.4. The van der Waals surface area contributed by atoms with Crippen molar-refractivity contribution in [3.05, 3.63) is 28.2 Å². The third-order valence-electron chi connectivity index (χ3n) is 4.82. The summed E-state index contributed by atoms with van der Waals surface area (Å²) in [4.78, 5) is 2.47. The summed E-state index contributed by atoms with van der Waals surface area (Å²) in [7, 11) is 2.25. The minimum atomic E-state index is 0.256. The summed E-state index contributed by atoms with van der Waals surface area (Å²) in [5.74, 6) is 0. The van der Waals surface area contributed by atoms with E-state index < -0.39 is 0 Å². The lowest BCUT2D eigenvalue weighted by atomic mass is 10.0. The van der Waals surface area contributed by atoms with E-state index in [0.717, 1.165) is 12.8 Å². The summed E-state index contributed by atoms with van der Waals surface area (Å²) in [6.07, 6.45) is 10.2. The highest BCUT2D eigenvalue weighted by molar-refractivity contribution is 9.10. The van der Waals surface area contributed by atoms with Crippen LogP contribution in [0.2, 0.25) is 0 Å². The molecule has 1 saturated carbocycles. The maximum absolute atomic E-state index is 6.07. The summed E-state index contributed by atoms with van der Waals surface area (Å²) >= 11 is 3.73. The van der Waals surface area contributed by atoms with Gasteiger partial charge in [0.2, 0.25) is 0 Å². The molecule has 1 aromatic rings. The Balaban J connectivity index is 2.07. The van der Waals surface area contributed by atoms with Gasteiger partial charge in [-0.2, -0.15) is 0 Å². The van der Waals surface area contributed by atoms with E-state index >= 15 is 0 Å². The predicted molar refractivity (Wildman–Crippen MR) is 96.0 cm³/mol. The molecule has 0 spiro atoms. The molecule has 0 radical (unpaired) electrons. The fourth-order valence-electron chi connectivity index (χ4n) is 3.20. The van der Waals surface area contributed by atoms with Crippen LogP contribution in [0.25, 0.3) is 0 Å². The molecule has 1 aliphatic carbocycles. The summed E-state index contributed by atoms with van der Waals surface area (Å²) < 4.78 is 1.20. The molecule has 1 unspecified atom stereocenters. The van der Waals surface area contributed by atoms with Crippen LogP contribution in [0.1, 0.15) is 57.4 Å². The van der Waals surface area contributed by atoms with Crippen LogP contribution >= 0.6 is 15.9 Å². The Bertz CT molecular complexity index is 439. The first-order chi connectivity index (χ1) is 10.1. The van der Waals surface area contributed by atoms with Crippen molar-refractivity contribution in [3.8, 4) is 0 Å². The normalized spacial score (nSPS) is 18.3. The first-order valence-electron chi connectivity index (χ1n) is 8.38. The maximum atomic E-state index is 6.07. The van der Waals surface area contributed by atoms with Crippen LogP contribution in [0.4, 0.5) is 5.69 Å². The van der Waals surface area contributed by atoms with E-state index in [1.807, 2.05) is 0 Å². The molecule has 21 heavy (non-hydrogen) atoms. The van der Waals surface area contributed by atoms with E-state index in [0.29, 0.717) is 6.04 Å². The number of hydrogen-bond donors (Lipinski definition) is 1. The van der Waals surface area contributed by atoms with E-state index in [2.05, 4.69) is 53.0 Å². The predicted octanol–water partition coefficient (Wildman–Crippen LogP) is 4.89. The van der Waals surface area contributed by atoms with Crippen molar-refractivity contribution in [1.29, 1.82) is 0 Å². The molecule has 3 heteroatoms. The molecular formula is C18H29BrN2. The Morgan fingerprint density at radius 1 is 1.24 bits per heavy atom. The molecule has 1 atom stereocenters. The van der Waals surface area contributed by atoms with Crippen LogP contribution in [-0.4, -0.2) is 19.1 Å². The van der Waals surface area contributed by atoms with Gasteiger partial charge in [0.1, 0.15) is 0 Å². The zero-order valence-corrected chi connectivity index (χ0v) is 15.0. The van der Waals surface area contributed by atoms with Gasteiger partial charge in [-0.25, -0.2) is 0 Å². The molecule has 0 aliphatic heterocycles. The fourth-order valence-corrected chi connectivity index (χ4v) is 3.73. The molecule has 118 valence electrons. The van der Waals surface area contributed by atoms with Crippen LogP contribution in [0.15, 0.2) is 22.7 Å². The monoisotopic (exact) mass is 352 g/mol. The quantitative estimate of drug-likeness (QED) is 0.764. The van der Waals surface area contributed by atoms with E-state index in [4.69, 9.17) is 5.73 Å². The van der Waals surface area contributed by atoms with Crippen molar-refractivity contribution < 1.29 is 0 Å². The van der Waals surface area contributed by atoms with Gasteiger partial charge in [0, 0.05) is 29.3 Å². The maximum Gasteiger partial charge on any atom is 0.0377 e. The fraction of sp³-hybridized carbons (Fsp3) is 0.667. The number of halogens is 1. The highest BCUT2D eigenvalue weighted by Gasteiger charge is 2.18. The number of hydrogen-bond acceptors (Lipinski definition) is 2. The standard InChI is InChI=1S/C18H29BrN2/c1-3-15(20)12-14-10-11-17(13-18(14)19)21(2)16-8-6-4-5-7-9-16/h10-11,13,15-16H,3-9,12,20H2,1-2H3. The Morgan fingerprint density at radius 2 is 1.90 bits per heavy atom. The average molecular weight is 353 g/mol. The number of benzene rings is 1. The van der Waals surface area contributed by atoms with Gasteiger partial charge in [-0.3, -0.25) is 0 Å². The van der Waals surface area contributed by atoms with Gasteiger partial charge in [-0.05, 0) is 43.4 Å². The highest BCUT2D eigenvalue weighted by atomic mass is 79.9. The van der Waals surface area contributed by atoms with E-state index in [1.54, 1.807) is 0 Å². The Kier molecular flexibility index (Phi) is 6.56. The van der Waals surface area contributed by atoms with Crippen LogP contribution < -0.4 is 10.6 Å². The third-order valence-corrected chi connectivity index (χ3v) is 5.56. The third kappa shape index (κ3) is 4.72. The number of anilines is 1. The molecule has 0 aromatic heterocycles. The molecule has 2 nitrogen and oxygen atoms in total. The minimum absolute atomic E-state index is 0.256. The van der Waals surface area contributed by atoms with Gasteiger partial charge in [-0.15, -0.1) is 0 Å². The molecule has 2 N–H and O–H groups in total. The molecule has 0 saturated heterocycles. The van der Waals surface area contributed by atoms with Gasteiger partial charge in [0.25, 0.3) is 0 Å². The SMILES string of the molecule is CCC(N)Cc1ccc(N(C)C2CCCCCC2)cc1Br. The van der Waals surface area contributed by atoms with Crippen molar-refractivity contribution in [1.82, 2.24) is 0 Å². The molecular weight excluding hydrogens is 324 g/mol. The largest absolute Gasteiger partial charge is 0.372 e. The first kappa shape index (κ1) is 16.8. The zero-order chi connectivity index (χ0) is 15.2. The Hall–Kier alpha value is -0.540. The highest BCUT2D eigenvalue weighted by Crippen LogP contribution is 2.29. The van der Waals surface area contributed by atoms with Crippen LogP contribution in [0.5, 0.6) is 0 Å². The molecule has 0 heterocycles. The van der Waals surface area contributed by atoms with Gasteiger partial charge >= 0.3 is 0 Å². The lowest BCUT2D eigenvalue weighted by Gasteiger charge is -2.30. The summed E-state index contributed by atoms with van der Waals surface area (Å²) in [6.45, 7) is 2.15. The summed E-state index contributed by atoms with van der Waals surface area (Å²) in [6, 6.07) is 7.72. The van der Waals surface area contributed by atoms with Gasteiger partial charge in [-0.1, -0.05) is 54.6 Å². The van der Waals surface area contributed by atoms with E-state index in [1.165, 1.54) is 54.2 Å². The van der Waals surface area contributed by atoms with E-state index in [-0.39, 0.29) is 6.04 Å². The number of rotatable bonds is 5. The summed E-state index contributed by atoms with van der Waals surface area (Å²) in [5, 5.41) is 0. The number of nitrogens with two attached hydrogens (primary N) is 1. The topological polar surface area (TPSA) is 29.3 Å². The second-order valence-electron chi connectivity index (χ2n) is 6.40.